The van der Waals surface area contributed by atoms with E-state index in [4.69, 9.17) is 10.00 Å². The maximum absolute atomic E-state index is 12.6. The number of anilines is 1. The smallest absolute Gasteiger partial charge is 0.383 e. The number of nitrogens with one attached hydrogen (secondary N) is 2. The van der Waals surface area contributed by atoms with Crippen molar-refractivity contribution in [1.29, 1.82) is 5.26 Å². The molecule has 0 unspecified atom stereocenters. The Bertz CT molecular complexity index is 538. The summed E-state index contributed by atoms with van der Waals surface area (Å²) in [6.07, 6.45) is -4.58. The topological polar surface area (TPSA) is 74.2 Å². The van der Waals surface area contributed by atoms with Crippen LogP contribution in [0.25, 0.3) is 0 Å². The first-order chi connectivity index (χ1) is 9.88. The molecule has 0 saturated heterocycles. The van der Waals surface area contributed by atoms with Gasteiger partial charge in [-0.2, -0.15) is 18.4 Å². The molecule has 1 rings (SSSR count). The van der Waals surface area contributed by atoms with Crippen LogP contribution in [0.4, 0.5) is 18.9 Å². The van der Waals surface area contributed by atoms with Crippen molar-refractivity contribution in [2.24, 2.45) is 0 Å². The predicted octanol–water partition coefficient (Wildman–Crippen LogP) is 1.75. The summed E-state index contributed by atoms with van der Waals surface area (Å²) in [7, 11) is 1.50. The molecule has 0 bridgehead atoms. The van der Waals surface area contributed by atoms with E-state index in [2.05, 4.69) is 10.6 Å². The molecule has 0 fully saturated rings. The number of carbonyl (C=O) groups is 1. The Morgan fingerprint density at radius 1 is 1.43 bits per heavy atom. The number of halogens is 3. The van der Waals surface area contributed by atoms with Gasteiger partial charge in [0.2, 0.25) is 5.91 Å². The van der Waals surface area contributed by atoms with Gasteiger partial charge in [0.05, 0.1) is 30.3 Å². The fourth-order valence-corrected chi connectivity index (χ4v) is 1.53. The standard InChI is InChI=1S/C13H14F3N3O2/c1-21-5-4-18-12(20)8-19-10-2-3-11(13(14,15)16)9(6-10)7-17/h2-3,6,19H,4-5,8H2,1H3,(H,18,20). The summed E-state index contributed by atoms with van der Waals surface area (Å²) in [6, 6.07) is 4.54. The molecule has 1 aromatic carbocycles. The molecule has 0 spiro atoms. The van der Waals surface area contributed by atoms with Crippen LogP contribution in [0.1, 0.15) is 11.1 Å². The zero-order chi connectivity index (χ0) is 15.9. The fraction of sp³-hybridized carbons (Fsp3) is 0.385. The van der Waals surface area contributed by atoms with Crippen molar-refractivity contribution in [3.8, 4) is 6.07 Å². The number of amides is 1. The Hall–Kier alpha value is -2.27. The molecule has 0 heterocycles. The lowest BCUT2D eigenvalue weighted by Gasteiger charge is -2.11. The number of alkyl halides is 3. The van der Waals surface area contributed by atoms with Crippen LogP contribution in [-0.2, 0) is 15.7 Å². The van der Waals surface area contributed by atoms with Crippen molar-refractivity contribution in [3.05, 3.63) is 29.3 Å². The Morgan fingerprint density at radius 3 is 2.71 bits per heavy atom. The van der Waals surface area contributed by atoms with Gasteiger partial charge >= 0.3 is 6.18 Å². The first-order valence-electron chi connectivity index (χ1n) is 5.99. The number of methoxy groups -OCH3 is 1. The molecule has 2 N–H and O–H groups in total. The monoisotopic (exact) mass is 301 g/mol. The summed E-state index contributed by atoms with van der Waals surface area (Å²) in [5, 5.41) is 14.0. The number of benzene rings is 1. The minimum Gasteiger partial charge on any atom is -0.383 e. The summed E-state index contributed by atoms with van der Waals surface area (Å²) in [5.41, 5.74) is -1.23. The molecule has 114 valence electrons. The minimum atomic E-state index is -4.58. The normalized spacial score (nSPS) is 10.8. The van der Waals surface area contributed by atoms with Crippen LogP contribution < -0.4 is 10.6 Å². The Labute approximate surface area is 119 Å². The van der Waals surface area contributed by atoms with Crippen LogP contribution in [0, 0.1) is 11.3 Å². The number of hydrogen-bond donors (Lipinski definition) is 2. The number of rotatable bonds is 6. The number of ether oxygens (including phenoxy) is 1. The van der Waals surface area contributed by atoms with Gasteiger partial charge in [-0.15, -0.1) is 0 Å². The number of carbonyl (C=O) groups excluding carboxylic acids is 1. The van der Waals surface area contributed by atoms with E-state index in [1.807, 2.05) is 0 Å². The second-order valence-corrected chi connectivity index (χ2v) is 4.07. The van der Waals surface area contributed by atoms with Gasteiger partial charge in [0, 0.05) is 19.3 Å². The van der Waals surface area contributed by atoms with Crippen molar-refractivity contribution >= 4 is 11.6 Å². The van der Waals surface area contributed by atoms with Gasteiger partial charge in [-0.1, -0.05) is 0 Å². The van der Waals surface area contributed by atoms with Crippen LogP contribution in [0.15, 0.2) is 18.2 Å². The number of hydrogen-bond acceptors (Lipinski definition) is 4. The van der Waals surface area contributed by atoms with Gasteiger partial charge in [-0.25, -0.2) is 0 Å². The van der Waals surface area contributed by atoms with Gasteiger partial charge in [-0.3, -0.25) is 4.79 Å². The fourth-order valence-electron chi connectivity index (χ4n) is 1.53. The van der Waals surface area contributed by atoms with Crippen molar-refractivity contribution in [1.82, 2.24) is 5.32 Å². The van der Waals surface area contributed by atoms with Gasteiger partial charge in [0.15, 0.2) is 0 Å². The lowest BCUT2D eigenvalue weighted by Crippen LogP contribution is -2.32. The summed E-state index contributed by atoms with van der Waals surface area (Å²) < 4.78 is 42.6. The first kappa shape index (κ1) is 16.8. The molecular weight excluding hydrogens is 287 g/mol. The summed E-state index contributed by atoms with van der Waals surface area (Å²) in [5.74, 6) is -0.328. The Balaban J connectivity index is 2.66. The van der Waals surface area contributed by atoms with Gasteiger partial charge in [-0.05, 0) is 18.2 Å². The number of nitriles is 1. The molecule has 0 aliphatic rings. The van der Waals surface area contributed by atoms with Gasteiger partial charge < -0.3 is 15.4 Å². The van der Waals surface area contributed by atoms with Crippen molar-refractivity contribution < 1.29 is 22.7 Å². The van der Waals surface area contributed by atoms with Crippen LogP contribution in [0.2, 0.25) is 0 Å². The molecule has 0 aliphatic heterocycles. The van der Waals surface area contributed by atoms with Crippen LogP contribution in [0.5, 0.6) is 0 Å². The quantitative estimate of drug-likeness (QED) is 0.785. The largest absolute Gasteiger partial charge is 0.417 e. The first-order valence-corrected chi connectivity index (χ1v) is 5.99. The highest BCUT2D eigenvalue weighted by Gasteiger charge is 2.33. The average molecular weight is 301 g/mol. The molecule has 0 radical (unpaired) electrons. The molecule has 0 aromatic heterocycles. The molecule has 5 nitrogen and oxygen atoms in total. The van der Waals surface area contributed by atoms with Crippen LogP contribution in [0.3, 0.4) is 0 Å². The van der Waals surface area contributed by atoms with E-state index >= 15 is 0 Å². The van der Waals surface area contributed by atoms with E-state index < -0.39 is 17.3 Å². The zero-order valence-electron chi connectivity index (χ0n) is 11.3. The van der Waals surface area contributed by atoms with E-state index in [-0.39, 0.29) is 18.1 Å². The molecular formula is C13H14F3N3O2. The van der Waals surface area contributed by atoms with E-state index in [1.54, 1.807) is 0 Å². The predicted molar refractivity (Wildman–Crippen MR) is 69.5 cm³/mol. The average Bonchev–Trinajstić information content (AvgIpc) is 2.44. The molecule has 8 heteroatoms. The second kappa shape index (κ2) is 7.50. The molecule has 1 amide bonds. The van der Waals surface area contributed by atoms with E-state index in [0.29, 0.717) is 13.2 Å². The number of nitrogens with zero attached hydrogens (tertiary/aromatic N) is 1. The highest BCUT2D eigenvalue weighted by molar-refractivity contribution is 5.80. The third kappa shape index (κ3) is 5.31. The maximum atomic E-state index is 12.6. The van der Waals surface area contributed by atoms with E-state index in [1.165, 1.54) is 19.2 Å². The van der Waals surface area contributed by atoms with Crippen molar-refractivity contribution in [3.63, 3.8) is 0 Å². The zero-order valence-corrected chi connectivity index (χ0v) is 11.3. The molecule has 0 saturated carbocycles. The van der Waals surface area contributed by atoms with Crippen LogP contribution in [-0.4, -0.2) is 32.7 Å². The molecule has 0 aliphatic carbocycles. The SMILES string of the molecule is COCCNC(=O)CNc1ccc(C(F)(F)F)c(C#N)c1. The summed E-state index contributed by atoms with van der Waals surface area (Å²) in [4.78, 5) is 11.4. The van der Waals surface area contributed by atoms with E-state index in [0.717, 1.165) is 12.1 Å². The van der Waals surface area contributed by atoms with Gasteiger partial charge in [0.1, 0.15) is 0 Å². The lowest BCUT2D eigenvalue weighted by atomic mass is 10.1. The Morgan fingerprint density at radius 2 is 2.14 bits per heavy atom. The molecule has 1 aromatic rings. The minimum absolute atomic E-state index is 0.111. The van der Waals surface area contributed by atoms with E-state index in [9.17, 15) is 18.0 Å². The molecule has 21 heavy (non-hydrogen) atoms. The summed E-state index contributed by atoms with van der Waals surface area (Å²) in [6.45, 7) is 0.595. The third-order valence-electron chi connectivity index (χ3n) is 2.53. The van der Waals surface area contributed by atoms with Crippen molar-refractivity contribution in [2.75, 3.05) is 32.1 Å². The lowest BCUT2D eigenvalue weighted by molar-refractivity contribution is -0.137. The third-order valence-corrected chi connectivity index (χ3v) is 2.53. The van der Waals surface area contributed by atoms with Gasteiger partial charge in [0.25, 0.3) is 0 Å². The maximum Gasteiger partial charge on any atom is 0.417 e. The molecule has 0 atom stereocenters. The summed E-state index contributed by atoms with van der Waals surface area (Å²) >= 11 is 0. The highest BCUT2D eigenvalue weighted by Crippen LogP contribution is 2.32. The van der Waals surface area contributed by atoms with Crippen molar-refractivity contribution in [2.45, 2.75) is 6.18 Å². The Kier molecular flexibility index (Phi) is 5.99. The van der Waals surface area contributed by atoms with Crippen LogP contribution >= 0.6 is 0 Å². The highest BCUT2D eigenvalue weighted by atomic mass is 19.4. The second-order valence-electron chi connectivity index (χ2n) is 4.07.